The van der Waals surface area contributed by atoms with E-state index in [1.54, 1.807) is 4.90 Å². The molecule has 0 radical (unpaired) electrons. The van der Waals surface area contributed by atoms with Crippen molar-refractivity contribution in [2.24, 2.45) is 5.73 Å². The standard InChI is InChI=1S/C16H21N3O2/c1-18(2)10-13-12-5-3-4-6-14(12)21-15(13)16(20)19-8-7-11(17)9-19/h3-6,11H,7-10,17H2,1-2H3/t11-/m0/s1. The number of carbonyl (C=O) groups is 1. The van der Waals surface area contributed by atoms with E-state index < -0.39 is 0 Å². The first kappa shape index (κ1) is 14.1. The first-order valence-electron chi connectivity index (χ1n) is 7.26. The molecular weight excluding hydrogens is 266 g/mol. The highest BCUT2D eigenvalue weighted by Gasteiger charge is 2.29. The van der Waals surface area contributed by atoms with Crippen molar-refractivity contribution in [3.8, 4) is 0 Å². The molecule has 2 heterocycles. The van der Waals surface area contributed by atoms with Crippen LogP contribution in [0.3, 0.4) is 0 Å². The number of hydrogen-bond acceptors (Lipinski definition) is 4. The molecule has 3 rings (SSSR count). The second kappa shape index (κ2) is 5.50. The van der Waals surface area contributed by atoms with Gasteiger partial charge in [-0.3, -0.25) is 4.79 Å². The minimum Gasteiger partial charge on any atom is -0.451 e. The summed E-state index contributed by atoms with van der Waals surface area (Å²) < 4.78 is 5.85. The predicted octanol–water partition coefficient (Wildman–Crippen LogP) is 1.67. The Bertz CT molecular complexity index is 663. The van der Waals surface area contributed by atoms with Crippen molar-refractivity contribution < 1.29 is 9.21 Å². The summed E-state index contributed by atoms with van der Waals surface area (Å²) in [5.41, 5.74) is 7.63. The molecule has 1 saturated heterocycles. The lowest BCUT2D eigenvalue weighted by Crippen LogP contribution is -2.32. The van der Waals surface area contributed by atoms with Gasteiger partial charge in [0.2, 0.25) is 0 Å². The van der Waals surface area contributed by atoms with E-state index in [0.717, 1.165) is 23.0 Å². The third-order valence-electron chi connectivity index (χ3n) is 3.88. The van der Waals surface area contributed by atoms with Gasteiger partial charge in [0.25, 0.3) is 5.91 Å². The fourth-order valence-electron chi connectivity index (χ4n) is 2.86. The summed E-state index contributed by atoms with van der Waals surface area (Å²) >= 11 is 0. The van der Waals surface area contributed by atoms with Crippen LogP contribution in [0.5, 0.6) is 0 Å². The largest absolute Gasteiger partial charge is 0.451 e. The van der Waals surface area contributed by atoms with Crippen LogP contribution in [0.4, 0.5) is 0 Å². The fourth-order valence-corrected chi connectivity index (χ4v) is 2.86. The topological polar surface area (TPSA) is 62.7 Å². The summed E-state index contributed by atoms with van der Waals surface area (Å²) in [7, 11) is 3.98. The Hall–Kier alpha value is -1.85. The lowest BCUT2D eigenvalue weighted by atomic mass is 10.1. The highest BCUT2D eigenvalue weighted by Crippen LogP contribution is 2.28. The maximum absolute atomic E-state index is 12.7. The number of nitrogens with zero attached hydrogens (tertiary/aromatic N) is 2. The molecule has 1 aliphatic rings. The molecule has 21 heavy (non-hydrogen) atoms. The number of carbonyl (C=O) groups excluding carboxylic acids is 1. The Labute approximate surface area is 124 Å². The highest BCUT2D eigenvalue weighted by atomic mass is 16.3. The van der Waals surface area contributed by atoms with Crippen LogP contribution in [0.15, 0.2) is 28.7 Å². The number of benzene rings is 1. The van der Waals surface area contributed by atoms with Gasteiger partial charge in [-0.15, -0.1) is 0 Å². The number of hydrogen-bond donors (Lipinski definition) is 1. The zero-order chi connectivity index (χ0) is 15.0. The minimum absolute atomic E-state index is 0.0454. The second-order valence-corrected chi connectivity index (χ2v) is 5.94. The smallest absolute Gasteiger partial charge is 0.290 e. The molecule has 0 bridgehead atoms. The zero-order valence-corrected chi connectivity index (χ0v) is 12.5. The third kappa shape index (κ3) is 2.66. The maximum Gasteiger partial charge on any atom is 0.290 e. The van der Waals surface area contributed by atoms with Crippen LogP contribution in [0, 0.1) is 0 Å². The molecule has 1 aliphatic heterocycles. The van der Waals surface area contributed by atoms with Crippen molar-refractivity contribution in [2.75, 3.05) is 27.2 Å². The summed E-state index contributed by atoms with van der Waals surface area (Å²) in [6, 6.07) is 7.88. The number of fused-ring (bicyclic) bond motifs is 1. The Kier molecular flexibility index (Phi) is 3.69. The van der Waals surface area contributed by atoms with Gasteiger partial charge in [-0.2, -0.15) is 0 Å². The Morgan fingerprint density at radius 3 is 2.86 bits per heavy atom. The van der Waals surface area contributed by atoms with Gasteiger partial charge in [-0.1, -0.05) is 18.2 Å². The first-order chi connectivity index (χ1) is 10.1. The normalized spacial score (nSPS) is 18.9. The van der Waals surface area contributed by atoms with Crippen molar-refractivity contribution in [3.63, 3.8) is 0 Å². The Balaban J connectivity index is 2.02. The molecule has 2 N–H and O–H groups in total. The zero-order valence-electron chi connectivity index (χ0n) is 12.5. The van der Waals surface area contributed by atoms with Crippen LogP contribution in [0.25, 0.3) is 11.0 Å². The molecule has 0 aliphatic carbocycles. The minimum atomic E-state index is -0.0454. The lowest BCUT2D eigenvalue weighted by Gasteiger charge is -2.16. The van der Waals surface area contributed by atoms with Crippen LogP contribution in [-0.2, 0) is 6.54 Å². The van der Waals surface area contributed by atoms with Crippen molar-refractivity contribution >= 4 is 16.9 Å². The molecule has 5 nitrogen and oxygen atoms in total. The molecule has 112 valence electrons. The molecule has 1 aromatic heterocycles. The van der Waals surface area contributed by atoms with Gasteiger partial charge >= 0.3 is 0 Å². The highest BCUT2D eigenvalue weighted by molar-refractivity contribution is 5.99. The maximum atomic E-state index is 12.7. The Morgan fingerprint density at radius 1 is 1.43 bits per heavy atom. The van der Waals surface area contributed by atoms with E-state index >= 15 is 0 Å². The van der Waals surface area contributed by atoms with Crippen LogP contribution in [-0.4, -0.2) is 48.9 Å². The SMILES string of the molecule is CN(C)Cc1c(C(=O)N2CC[C@H](N)C2)oc2ccccc12. The van der Waals surface area contributed by atoms with Gasteiger partial charge in [0, 0.05) is 36.6 Å². The molecule has 0 spiro atoms. The van der Waals surface area contributed by atoms with Crippen LogP contribution in [0.2, 0.25) is 0 Å². The van der Waals surface area contributed by atoms with Crippen molar-refractivity contribution in [1.82, 2.24) is 9.80 Å². The van der Waals surface area contributed by atoms with E-state index in [2.05, 4.69) is 0 Å². The number of amides is 1. The van der Waals surface area contributed by atoms with E-state index in [-0.39, 0.29) is 11.9 Å². The molecule has 2 aromatic rings. The molecule has 1 atom stereocenters. The van der Waals surface area contributed by atoms with Crippen molar-refractivity contribution in [1.29, 1.82) is 0 Å². The van der Waals surface area contributed by atoms with E-state index in [1.807, 2.05) is 43.3 Å². The molecule has 0 saturated carbocycles. The van der Waals surface area contributed by atoms with Gasteiger partial charge in [0.1, 0.15) is 5.58 Å². The summed E-state index contributed by atoms with van der Waals surface area (Å²) in [5, 5.41) is 1.01. The van der Waals surface area contributed by atoms with Crippen LogP contribution < -0.4 is 5.73 Å². The molecule has 1 aromatic carbocycles. The molecular formula is C16H21N3O2. The van der Waals surface area contributed by atoms with Gasteiger partial charge in [-0.25, -0.2) is 0 Å². The van der Waals surface area contributed by atoms with Crippen molar-refractivity contribution in [2.45, 2.75) is 19.0 Å². The number of nitrogens with two attached hydrogens (primary N) is 1. The second-order valence-electron chi connectivity index (χ2n) is 5.94. The fraction of sp³-hybridized carbons (Fsp3) is 0.438. The molecule has 5 heteroatoms. The quantitative estimate of drug-likeness (QED) is 0.932. The van der Waals surface area contributed by atoms with E-state index in [4.69, 9.17) is 10.2 Å². The summed E-state index contributed by atoms with van der Waals surface area (Å²) in [6.45, 7) is 1.99. The summed E-state index contributed by atoms with van der Waals surface area (Å²) in [6.07, 6.45) is 0.856. The van der Waals surface area contributed by atoms with Crippen molar-refractivity contribution in [3.05, 3.63) is 35.6 Å². The third-order valence-corrected chi connectivity index (χ3v) is 3.88. The van der Waals surface area contributed by atoms with Gasteiger partial charge < -0.3 is 20.0 Å². The monoisotopic (exact) mass is 287 g/mol. The molecule has 1 fully saturated rings. The number of furan rings is 1. The van der Waals surface area contributed by atoms with E-state index in [1.165, 1.54) is 0 Å². The van der Waals surface area contributed by atoms with E-state index in [0.29, 0.717) is 25.4 Å². The number of likely N-dealkylation sites (tertiary alicyclic amines) is 1. The summed E-state index contributed by atoms with van der Waals surface area (Å²) in [5.74, 6) is 0.412. The van der Waals surface area contributed by atoms with Crippen LogP contribution >= 0.6 is 0 Å². The van der Waals surface area contributed by atoms with Gasteiger partial charge in [0.15, 0.2) is 5.76 Å². The first-order valence-corrected chi connectivity index (χ1v) is 7.26. The molecule has 1 amide bonds. The number of para-hydroxylation sites is 1. The number of rotatable bonds is 3. The Morgan fingerprint density at radius 2 is 2.19 bits per heavy atom. The molecule has 0 unspecified atom stereocenters. The summed E-state index contributed by atoms with van der Waals surface area (Å²) in [4.78, 5) is 16.6. The van der Waals surface area contributed by atoms with E-state index in [9.17, 15) is 4.79 Å². The predicted molar refractivity (Wildman–Crippen MR) is 82.1 cm³/mol. The van der Waals surface area contributed by atoms with Crippen LogP contribution in [0.1, 0.15) is 22.5 Å². The average Bonchev–Trinajstić information content (AvgIpc) is 3.03. The average molecular weight is 287 g/mol. The lowest BCUT2D eigenvalue weighted by molar-refractivity contribution is 0.0759. The van der Waals surface area contributed by atoms with Gasteiger partial charge in [-0.05, 0) is 26.6 Å². The van der Waals surface area contributed by atoms with Gasteiger partial charge in [0.05, 0.1) is 0 Å².